The van der Waals surface area contributed by atoms with Crippen molar-refractivity contribution in [2.45, 2.75) is 48.0 Å². The predicted octanol–water partition coefficient (Wildman–Crippen LogP) is 6.09. The third-order valence-electron chi connectivity index (χ3n) is 2.51. The Hall–Kier alpha value is -1.30. The largest absolute Gasteiger partial charge is 0.0683 e. The fourth-order valence-corrected chi connectivity index (χ4v) is 1.91. The highest BCUT2D eigenvalue weighted by atomic mass is 14.1. The zero-order valence-electron chi connectivity index (χ0n) is 12.8. The molecule has 0 spiro atoms. The SMILES string of the molecule is CC.CC.CC(C)Cc1cccc2ccccc12. The van der Waals surface area contributed by atoms with Crippen LogP contribution in [0.15, 0.2) is 42.5 Å². The molecule has 0 amide bonds. The lowest BCUT2D eigenvalue weighted by Crippen LogP contribution is -1.94. The van der Waals surface area contributed by atoms with Crippen molar-refractivity contribution < 1.29 is 0 Å². The zero-order valence-corrected chi connectivity index (χ0v) is 12.8. The Balaban J connectivity index is 0.000000659. The van der Waals surface area contributed by atoms with E-state index >= 15 is 0 Å². The number of hydrogen-bond donors (Lipinski definition) is 0. The van der Waals surface area contributed by atoms with Crippen molar-refractivity contribution in [2.24, 2.45) is 5.92 Å². The van der Waals surface area contributed by atoms with E-state index in [0.717, 1.165) is 5.92 Å². The Bertz CT molecular complexity index is 421. The Morgan fingerprint density at radius 2 is 1.33 bits per heavy atom. The Labute approximate surface area is 113 Å². The topological polar surface area (TPSA) is 0 Å². The van der Waals surface area contributed by atoms with Gasteiger partial charge in [0.15, 0.2) is 0 Å². The highest BCUT2D eigenvalue weighted by molar-refractivity contribution is 5.85. The van der Waals surface area contributed by atoms with Crippen molar-refractivity contribution in [3.63, 3.8) is 0 Å². The van der Waals surface area contributed by atoms with Crippen LogP contribution in [-0.2, 0) is 6.42 Å². The first-order valence-corrected chi connectivity index (χ1v) is 7.24. The van der Waals surface area contributed by atoms with Crippen LogP contribution in [0.4, 0.5) is 0 Å². The zero-order chi connectivity index (χ0) is 14.0. The summed E-state index contributed by atoms with van der Waals surface area (Å²) < 4.78 is 0. The average molecular weight is 244 g/mol. The van der Waals surface area contributed by atoms with Crippen LogP contribution in [0.1, 0.15) is 47.1 Å². The summed E-state index contributed by atoms with van der Waals surface area (Å²) in [6.07, 6.45) is 1.17. The van der Waals surface area contributed by atoms with E-state index in [9.17, 15) is 0 Å². The van der Waals surface area contributed by atoms with Gasteiger partial charge < -0.3 is 0 Å². The molecule has 0 aliphatic carbocycles. The second-order valence-electron chi connectivity index (χ2n) is 4.24. The Kier molecular flexibility index (Phi) is 9.00. The van der Waals surface area contributed by atoms with Crippen LogP contribution in [0.5, 0.6) is 0 Å². The number of fused-ring (bicyclic) bond motifs is 1. The maximum Gasteiger partial charge on any atom is -0.0152 e. The molecule has 0 fully saturated rings. The van der Waals surface area contributed by atoms with Gasteiger partial charge in [0.2, 0.25) is 0 Å². The number of rotatable bonds is 2. The fourth-order valence-electron chi connectivity index (χ4n) is 1.91. The molecule has 0 bridgehead atoms. The van der Waals surface area contributed by atoms with E-state index in [2.05, 4.69) is 56.3 Å². The maximum atomic E-state index is 2.27. The van der Waals surface area contributed by atoms with Gasteiger partial charge >= 0.3 is 0 Å². The predicted molar refractivity (Wildman–Crippen MR) is 85.2 cm³/mol. The minimum Gasteiger partial charge on any atom is -0.0683 e. The molecule has 0 heterocycles. The molecule has 0 saturated heterocycles. The van der Waals surface area contributed by atoms with Crippen LogP contribution in [0.25, 0.3) is 10.8 Å². The quantitative estimate of drug-likeness (QED) is 0.599. The van der Waals surface area contributed by atoms with Gasteiger partial charge in [-0.1, -0.05) is 84.0 Å². The number of benzene rings is 2. The van der Waals surface area contributed by atoms with Crippen LogP contribution in [0.3, 0.4) is 0 Å². The molecule has 2 rings (SSSR count). The lowest BCUT2D eigenvalue weighted by molar-refractivity contribution is 0.650. The summed E-state index contributed by atoms with van der Waals surface area (Å²) in [5.41, 5.74) is 1.47. The first-order chi connectivity index (χ1) is 8.77. The van der Waals surface area contributed by atoms with Crippen molar-refractivity contribution in [3.8, 4) is 0 Å². The Morgan fingerprint density at radius 3 is 1.94 bits per heavy atom. The molecule has 0 unspecified atom stereocenters. The number of hydrogen-bond acceptors (Lipinski definition) is 0. The lowest BCUT2D eigenvalue weighted by atomic mass is 9.97. The molecule has 0 radical (unpaired) electrons. The highest BCUT2D eigenvalue weighted by Gasteiger charge is 2.01. The molecule has 100 valence electrons. The fraction of sp³-hybridized carbons (Fsp3) is 0.444. The normalized spacial score (nSPS) is 9.28. The Morgan fingerprint density at radius 1 is 0.778 bits per heavy atom. The van der Waals surface area contributed by atoms with Crippen LogP contribution in [-0.4, -0.2) is 0 Å². The molecule has 18 heavy (non-hydrogen) atoms. The van der Waals surface area contributed by atoms with E-state index in [-0.39, 0.29) is 0 Å². The van der Waals surface area contributed by atoms with Crippen molar-refractivity contribution in [1.82, 2.24) is 0 Å². The van der Waals surface area contributed by atoms with E-state index < -0.39 is 0 Å². The molecule has 0 atom stereocenters. The minimum atomic E-state index is 0.723. The second kappa shape index (κ2) is 9.70. The van der Waals surface area contributed by atoms with Crippen molar-refractivity contribution in [2.75, 3.05) is 0 Å². The van der Waals surface area contributed by atoms with Crippen molar-refractivity contribution in [1.29, 1.82) is 0 Å². The molecule has 0 N–H and O–H groups in total. The van der Waals surface area contributed by atoms with Crippen molar-refractivity contribution >= 4 is 10.8 Å². The van der Waals surface area contributed by atoms with E-state index in [1.165, 1.54) is 22.8 Å². The van der Waals surface area contributed by atoms with Gasteiger partial charge in [-0.25, -0.2) is 0 Å². The summed E-state index contributed by atoms with van der Waals surface area (Å²) in [7, 11) is 0. The van der Waals surface area contributed by atoms with Crippen LogP contribution >= 0.6 is 0 Å². The molecule has 2 aromatic carbocycles. The van der Waals surface area contributed by atoms with E-state index in [1.807, 2.05) is 27.7 Å². The molecule has 0 aromatic heterocycles. The van der Waals surface area contributed by atoms with Gasteiger partial charge in [0.05, 0.1) is 0 Å². The molecule has 0 aliphatic rings. The summed E-state index contributed by atoms with van der Waals surface area (Å²) in [4.78, 5) is 0. The van der Waals surface area contributed by atoms with Gasteiger partial charge in [-0.15, -0.1) is 0 Å². The lowest BCUT2D eigenvalue weighted by Gasteiger charge is -2.08. The third-order valence-corrected chi connectivity index (χ3v) is 2.51. The van der Waals surface area contributed by atoms with E-state index in [4.69, 9.17) is 0 Å². The van der Waals surface area contributed by atoms with Gasteiger partial charge in [-0.3, -0.25) is 0 Å². The molecule has 0 aliphatic heterocycles. The minimum absolute atomic E-state index is 0.723. The van der Waals surface area contributed by atoms with Gasteiger partial charge in [0.25, 0.3) is 0 Å². The highest BCUT2D eigenvalue weighted by Crippen LogP contribution is 2.20. The van der Waals surface area contributed by atoms with Gasteiger partial charge in [0.1, 0.15) is 0 Å². The molecule has 0 nitrogen and oxygen atoms in total. The van der Waals surface area contributed by atoms with Gasteiger partial charge in [-0.2, -0.15) is 0 Å². The average Bonchev–Trinajstić information content (AvgIpc) is 2.43. The first-order valence-electron chi connectivity index (χ1n) is 7.24. The summed E-state index contributed by atoms with van der Waals surface area (Å²) in [5.74, 6) is 0.723. The van der Waals surface area contributed by atoms with Crippen LogP contribution in [0, 0.1) is 5.92 Å². The van der Waals surface area contributed by atoms with Crippen molar-refractivity contribution in [3.05, 3.63) is 48.0 Å². The summed E-state index contributed by atoms with van der Waals surface area (Å²) in [6, 6.07) is 15.2. The molecule has 2 aromatic rings. The summed E-state index contributed by atoms with van der Waals surface area (Å²) in [6.45, 7) is 12.5. The maximum absolute atomic E-state index is 2.27. The van der Waals surface area contributed by atoms with Gasteiger partial charge in [-0.05, 0) is 28.7 Å². The summed E-state index contributed by atoms with van der Waals surface area (Å²) in [5, 5.41) is 2.76. The molecule has 0 saturated carbocycles. The molecular formula is C18H28. The summed E-state index contributed by atoms with van der Waals surface area (Å²) >= 11 is 0. The van der Waals surface area contributed by atoms with Crippen LogP contribution < -0.4 is 0 Å². The van der Waals surface area contributed by atoms with E-state index in [0.29, 0.717) is 0 Å². The second-order valence-corrected chi connectivity index (χ2v) is 4.24. The first kappa shape index (κ1) is 16.7. The smallest absolute Gasteiger partial charge is 0.0152 e. The monoisotopic (exact) mass is 244 g/mol. The molecule has 0 heteroatoms. The van der Waals surface area contributed by atoms with Gasteiger partial charge in [0, 0.05) is 0 Å². The standard InChI is InChI=1S/C14H16.2C2H6/c1-11(2)10-13-8-5-7-12-6-3-4-9-14(12)13;2*1-2/h3-9,11H,10H2,1-2H3;2*1-2H3. The third kappa shape index (κ3) is 4.91. The molecular weight excluding hydrogens is 216 g/mol. The van der Waals surface area contributed by atoms with Crippen LogP contribution in [0.2, 0.25) is 0 Å². The van der Waals surface area contributed by atoms with E-state index in [1.54, 1.807) is 0 Å².